The molecule has 2 aliphatic heterocycles. The molecule has 0 aromatic heterocycles. The Hall–Kier alpha value is -2.32. The molecule has 0 amide bonds. The largest absolute Gasteiger partial charge is 1.00 e. The molecule has 2 heterocycles. The first-order chi connectivity index (χ1) is 19.5. The summed E-state index contributed by atoms with van der Waals surface area (Å²) in [5, 5.41) is 9.26. The number of nitrogens with zero attached hydrogens (tertiary/aromatic N) is 2. The molecule has 0 fully saturated rings. The first kappa shape index (κ1) is 35.2. The SMILES string of the molecule is CCN1C(=CC=CC2=[N+](CC)c3ccc(S(=O)(=O)[O-])cc3C2(C)C)C(C)(CCCC(=O)O)c2cc(S(=O)(=O)[O-])ccc21.[Na+]. The number of fused-ring (bicyclic) bond motifs is 2. The standard InChI is InChI=1S/C30H36N2O8S2.Na/c1-6-31-24-15-13-20(41(35,36)37)18-22(24)29(3,4)26(31)10-8-11-27-30(5,17-9-12-28(33)34)23-19-21(42(38,39)40)14-16-25(23)32(27)7-2;/h8,10-11,13-16,18-19H,6-7,9,12,17H2,1-5H3,(H2-,33,34,35,36,37,38,39,40);/q;+1/p-1. The van der Waals surface area contributed by atoms with E-state index in [2.05, 4.69) is 4.58 Å². The van der Waals surface area contributed by atoms with Crippen LogP contribution in [-0.4, -0.2) is 60.4 Å². The van der Waals surface area contributed by atoms with Crippen molar-refractivity contribution in [2.24, 2.45) is 0 Å². The molecule has 1 N–H and O–H groups in total. The van der Waals surface area contributed by atoms with Gasteiger partial charge in [0.2, 0.25) is 5.69 Å². The van der Waals surface area contributed by atoms with Gasteiger partial charge in [0.1, 0.15) is 26.8 Å². The van der Waals surface area contributed by atoms with Crippen molar-refractivity contribution in [3.8, 4) is 0 Å². The maximum Gasteiger partial charge on any atom is 1.00 e. The van der Waals surface area contributed by atoms with Gasteiger partial charge in [0.25, 0.3) is 0 Å². The molecule has 13 heteroatoms. The van der Waals surface area contributed by atoms with Crippen LogP contribution in [0.3, 0.4) is 0 Å². The second-order valence-corrected chi connectivity index (χ2v) is 14.0. The van der Waals surface area contributed by atoms with Crippen LogP contribution in [0, 0.1) is 0 Å². The van der Waals surface area contributed by atoms with Gasteiger partial charge >= 0.3 is 35.5 Å². The van der Waals surface area contributed by atoms with Crippen LogP contribution >= 0.6 is 0 Å². The number of likely N-dealkylation sites (N-methyl/N-ethyl adjacent to an activating group) is 1. The molecule has 1 unspecified atom stereocenters. The Labute approximate surface area is 275 Å². The summed E-state index contributed by atoms with van der Waals surface area (Å²) < 4.78 is 72.8. The molecular weight excluding hydrogens is 603 g/mol. The van der Waals surface area contributed by atoms with Crippen LogP contribution in [0.5, 0.6) is 0 Å². The van der Waals surface area contributed by atoms with E-state index in [1.165, 1.54) is 24.3 Å². The Morgan fingerprint density at radius 1 is 0.977 bits per heavy atom. The fraction of sp³-hybridized carbons (Fsp3) is 0.400. The van der Waals surface area contributed by atoms with Crippen LogP contribution in [0.15, 0.2) is 70.1 Å². The van der Waals surface area contributed by atoms with Gasteiger partial charge in [0.05, 0.1) is 15.2 Å². The number of allylic oxidation sites excluding steroid dienone is 4. The molecule has 43 heavy (non-hydrogen) atoms. The minimum Gasteiger partial charge on any atom is -0.744 e. The second-order valence-electron chi connectivity index (χ2n) is 11.3. The molecule has 2 aromatic rings. The van der Waals surface area contributed by atoms with Crippen molar-refractivity contribution in [2.75, 3.05) is 18.0 Å². The van der Waals surface area contributed by atoms with Gasteiger partial charge in [-0.05, 0) is 89.4 Å². The van der Waals surface area contributed by atoms with Gasteiger partial charge < -0.3 is 19.1 Å². The maximum absolute atomic E-state index is 11.9. The third-order valence-corrected chi connectivity index (χ3v) is 10.0. The van der Waals surface area contributed by atoms with Crippen molar-refractivity contribution in [3.05, 3.63) is 71.5 Å². The van der Waals surface area contributed by atoms with Gasteiger partial charge in [-0.1, -0.05) is 6.08 Å². The summed E-state index contributed by atoms with van der Waals surface area (Å²) in [4.78, 5) is 12.7. The van der Waals surface area contributed by atoms with Gasteiger partial charge in [-0.3, -0.25) is 4.79 Å². The first-order valence-corrected chi connectivity index (χ1v) is 16.5. The van der Waals surface area contributed by atoms with Gasteiger partial charge in [0, 0.05) is 47.5 Å². The van der Waals surface area contributed by atoms with E-state index in [1.807, 2.05) is 57.7 Å². The van der Waals surface area contributed by atoms with Crippen LogP contribution < -0.4 is 34.5 Å². The van der Waals surface area contributed by atoms with Crippen molar-refractivity contribution >= 4 is 43.3 Å². The summed E-state index contributed by atoms with van der Waals surface area (Å²) in [6.07, 6.45) is 6.42. The quantitative estimate of drug-likeness (QED) is 0.231. The zero-order valence-electron chi connectivity index (χ0n) is 25.2. The molecular formula is C30H35N2NaO8S2. The molecule has 4 rings (SSSR count). The number of anilines is 1. The molecule has 0 saturated heterocycles. The van der Waals surface area contributed by atoms with E-state index >= 15 is 0 Å². The van der Waals surface area contributed by atoms with Crippen molar-refractivity contribution in [1.82, 2.24) is 0 Å². The van der Waals surface area contributed by atoms with Crippen LogP contribution in [0.4, 0.5) is 11.4 Å². The van der Waals surface area contributed by atoms with E-state index in [0.717, 1.165) is 28.3 Å². The monoisotopic (exact) mass is 638 g/mol. The van der Waals surface area contributed by atoms with E-state index in [9.17, 15) is 35.8 Å². The van der Waals surface area contributed by atoms with Gasteiger partial charge in [-0.15, -0.1) is 0 Å². The molecule has 10 nitrogen and oxygen atoms in total. The normalized spacial score (nSPS) is 20.4. The van der Waals surface area contributed by atoms with Crippen LogP contribution in [0.25, 0.3) is 0 Å². The number of hydrogen-bond donors (Lipinski definition) is 1. The van der Waals surface area contributed by atoms with Gasteiger partial charge in [-0.25, -0.2) is 16.8 Å². The van der Waals surface area contributed by atoms with E-state index in [1.54, 1.807) is 12.1 Å². The first-order valence-electron chi connectivity index (χ1n) is 13.7. The van der Waals surface area contributed by atoms with E-state index in [0.29, 0.717) is 31.5 Å². The fourth-order valence-electron chi connectivity index (χ4n) is 6.27. The average Bonchev–Trinajstić information content (AvgIpc) is 3.26. The summed E-state index contributed by atoms with van der Waals surface area (Å²) in [7, 11) is -9.32. The molecule has 2 aliphatic rings. The minimum atomic E-state index is -4.70. The predicted molar refractivity (Wildman–Crippen MR) is 156 cm³/mol. The smallest absolute Gasteiger partial charge is 0.744 e. The van der Waals surface area contributed by atoms with Crippen molar-refractivity contribution in [1.29, 1.82) is 0 Å². The molecule has 226 valence electrons. The average molecular weight is 639 g/mol. The van der Waals surface area contributed by atoms with Gasteiger partial charge in [-0.2, -0.15) is 4.58 Å². The zero-order valence-corrected chi connectivity index (χ0v) is 28.9. The number of benzene rings is 2. The summed E-state index contributed by atoms with van der Waals surface area (Å²) in [6, 6.07) is 8.73. The molecule has 0 bridgehead atoms. The molecule has 0 aliphatic carbocycles. The molecule has 0 spiro atoms. The van der Waals surface area contributed by atoms with Crippen molar-refractivity contribution < 1.29 is 70.0 Å². The van der Waals surface area contributed by atoms with Crippen molar-refractivity contribution in [3.63, 3.8) is 0 Å². The molecule has 2 aromatic carbocycles. The summed E-state index contributed by atoms with van der Waals surface area (Å²) in [5.74, 6) is -0.933. The predicted octanol–water partition coefficient (Wildman–Crippen LogP) is 1.39. The summed E-state index contributed by atoms with van der Waals surface area (Å²) in [6.45, 7) is 10.9. The number of aliphatic carboxylic acids is 1. The Kier molecular flexibility index (Phi) is 10.3. The molecule has 0 saturated carbocycles. The van der Waals surface area contributed by atoms with E-state index < -0.39 is 37.0 Å². The Bertz CT molecular complexity index is 1760. The number of carboxylic acid groups (broad SMARTS) is 1. The van der Waals surface area contributed by atoms with Crippen LogP contribution in [0.1, 0.15) is 65.0 Å². The Morgan fingerprint density at radius 3 is 2.09 bits per heavy atom. The zero-order chi connectivity index (χ0) is 31.3. The summed E-state index contributed by atoms with van der Waals surface area (Å²) in [5.41, 5.74) is 3.28. The number of rotatable bonds is 10. The third kappa shape index (κ3) is 6.56. The number of carbonyl (C=O) groups is 1. The van der Waals surface area contributed by atoms with Gasteiger partial charge in [0.15, 0.2) is 5.71 Å². The van der Waals surface area contributed by atoms with E-state index in [-0.39, 0.29) is 45.8 Å². The molecule has 1 atom stereocenters. The Morgan fingerprint density at radius 2 is 1.56 bits per heavy atom. The topological polar surface area (TPSA) is 158 Å². The Balaban J connectivity index is 0.00000506. The molecule has 0 radical (unpaired) electrons. The number of carboxylic acids is 1. The minimum absolute atomic E-state index is 0. The van der Waals surface area contributed by atoms with E-state index in [4.69, 9.17) is 0 Å². The van der Waals surface area contributed by atoms with Crippen molar-refractivity contribution in [2.45, 2.75) is 74.5 Å². The third-order valence-electron chi connectivity index (χ3n) is 8.36. The fourth-order valence-corrected chi connectivity index (χ4v) is 7.26. The number of hydrogen-bond acceptors (Lipinski definition) is 8. The second kappa shape index (κ2) is 12.6. The van der Waals surface area contributed by atoms with Crippen LogP contribution in [0.2, 0.25) is 0 Å². The van der Waals surface area contributed by atoms with Crippen LogP contribution in [-0.2, 0) is 35.9 Å². The maximum atomic E-state index is 11.9. The summed E-state index contributed by atoms with van der Waals surface area (Å²) >= 11 is 0.